The number of hydrogen-bond donors (Lipinski definition) is 1. The molecule has 2 N–H and O–H groups in total. The van der Waals surface area contributed by atoms with Crippen LogP contribution in [0.4, 0.5) is 0 Å². The Hall–Kier alpha value is -0.810. The number of halogens is 2. The number of ether oxygens (including phenoxy) is 1. The maximum absolute atomic E-state index is 12.9. The van der Waals surface area contributed by atoms with Crippen molar-refractivity contribution >= 4 is 29.9 Å². The number of carbonyl (C=O) groups is 1. The molecule has 6 heteroatoms. The van der Waals surface area contributed by atoms with Crippen LogP contribution in [0.5, 0.6) is 0 Å². The first kappa shape index (κ1) is 20.2. The van der Waals surface area contributed by atoms with Crippen molar-refractivity contribution in [3.8, 4) is 0 Å². The zero-order chi connectivity index (χ0) is 16.2. The van der Waals surface area contributed by atoms with Crippen molar-refractivity contribution in [2.75, 3.05) is 26.2 Å². The van der Waals surface area contributed by atoms with E-state index >= 15 is 0 Å². The van der Waals surface area contributed by atoms with E-state index in [0.29, 0.717) is 31.3 Å². The Labute approximate surface area is 149 Å². The molecule has 1 aliphatic rings. The fourth-order valence-electron chi connectivity index (χ4n) is 2.98. The number of rotatable bonds is 5. The van der Waals surface area contributed by atoms with Crippen LogP contribution in [0.2, 0.25) is 5.02 Å². The van der Waals surface area contributed by atoms with Gasteiger partial charge in [0, 0.05) is 18.1 Å². The van der Waals surface area contributed by atoms with Crippen molar-refractivity contribution < 1.29 is 9.53 Å². The van der Waals surface area contributed by atoms with Crippen molar-refractivity contribution in [1.82, 2.24) is 4.90 Å². The van der Waals surface area contributed by atoms with Gasteiger partial charge in [-0.25, -0.2) is 0 Å². The van der Waals surface area contributed by atoms with E-state index in [4.69, 9.17) is 22.1 Å². The highest BCUT2D eigenvalue weighted by Crippen LogP contribution is 2.31. The summed E-state index contributed by atoms with van der Waals surface area (Å²) in [5.41, 5.74) is 6.51. The Morgan fingerprint density at radius 1 is 1.35 bits per heavy atom. The van der Waals surface area contributed by atoms with Gasteiger partial charge in [0.05, 0.1) is 18.6 Å². The van der Waals surface area contributed by atoms with Crippen LogP contribution >= 0.6 is 24.0 Å². The molecule has 1 atom stereocenters. The molecule has 0 bridgehead atoms. The second-order valence-corrected chi connectivity index (χ2v) is 6.29. The van der Waals surface area contributed by atoms with Crippen LogP contribution in [-0.2, 0) is 9.53 Å². The third-order valence-corrected chi connectivity index (χ3v) is 5.05. The molecular weight excluding hydrogens is 335 g/mol. The zero-order valence-electron chi connectivity index (χ0n) is 13.8. The van der Waals surface area contributed by atoms with Crippen molar-refractivity contribution in [3.63, 3.8) is 0 Å². The second-order valence-electron chi connectivity index (χ2n) is 5.85. The van der Waals surface area contributed by atoms with E-state index in [-0.39, 0.29) is 24.4 Å². The van der Waals surface area contributed by atoms with Crippen LogP contribution in [0.15, 0.2) is 24.3 Å². The SMILES string of the molecule is CCC(CC)(CN)C(=O)N1CCOC(c2ccc(Cl)cc2)C1.Cl. The van der Waals surface area contributed by atoms with Crippen molar-refractivity contribution in [1.29, 1.82) is 0 Å². The normalized spacial score (nSPS) is 18.4. The van der Waals surface area contributed by atoms with Gasteiger partial charge in [-0.1, -0.05) is 37.6 Å². The number of morpholine rings is 1. The molecule has 1 unspecified atom stereocenters. The standard InChI is InChI=1S/C17H25ClN2O2.ClH/c1-3-17(4-2,12-19)16(21)20-9-10-22-15(11-20)13-5-7-14(18)8-6-13;/h5-8,15H,3-4,9-12,19H2,1-2H3;1H. The summed E-state index contributed by atoms with van der Waals surface area (Å²) in [6, 6.07) is 7.61. The fraction of sp³-hybridized carbons (Fsp3) is 0.588. The highest BCUT2D eigenvalue weighted by atomic mass is 35.5. The smallest absolute Gasteiger partial charge is 0.230 e. The molecule has 2 rings (SSSR count). The summed E-state index contributed by atoms with van der Waals surface area (Å²) < 4.78 is 5.83. The molecule has 4 nitrogen and oxygen atoms in total. The lowest BCUT2D eigenvalue weighted by molar-refractivity contribution is -0.150. The van der Waals surface area contributed by atoms with Gasteiger partial charge in [0.25, 0.3) is 0 Å². The molecular formula is C17H26Cl2N2O2. The molecule has 1 heterocycles. The van der Waals surface area contributed by atoms with Crippen LogP contribution in [-0.4, -0.2) is 37.0 Å². The van der Waals surface area contributed by atoms with Gasteiger partial charge in [-0.05, 0) is 30.5 Å². The van der Waals surface area contributed by atoms with E-state index in [9.17, 15) is 4.79 Å². The van der Waals surface area contributed by atoms with Gasteiger partial charge >= 0.3 is 0 Å². The Morgan fingerprint density at radius 2 is 1.96 bits per heavy atom. The van der Waals surface area contributed by atoms with Gasteiger partial charge < -0.3 is 15.4 Å². The van der Waals surface area contributed by atoms with E-state index in [0.717, 1.165) is 18.4 Å². The quantitative estimate of drug-likeness (QED) is 0.874. The molecule has 23 heavy (non-hydrogen) atoms. The highest BCUT2D eigenvalue weighted by Gasteiger charge is 2.38. The molecule has 0 spiro atoms. The molecule has 1 amide bonds. The third-order valence-electron chi connectivity index (χ3n) is 4.79. The molecule has 0 aromatic heterocycles. The van der Waals surface area contributed by atoms with Crippen LogP contribution in [0, 0.1) is 5.41 Å². The molecule has 1 aromatic carbocycles. The summed E-state index contributed by atoms with van der Waals surface area (Å²) in [6.07, 6.45) is 1.43. The minimum Gasteiger partial charge on any atom is -0.370 e. The minimum absolute atomic E-state index is 0. The summed E-state index contributed by atoms with van der Waals surface area (Å²) >= 11 is 5.93. The monoisotopic (exact) mass is 360 g/mol. The summed E-state index contributed by atoms with van der Waals surface area (Å²) in [5.74, 6) is 0.155. The van der Waals surface area contributed by atoms with Gasteiger partial charge in [0.1, 0.15) is 6.10 Å². The molecule has 1 saturated heterocycles. The van der Waals surface area contributed by atoms with Crippen LogP contribution in [0.3, 0.4) is 0 Å². The number of amides is 1. The molecule has 130 valence electrons. The molecule has 1 aliphatic heterocycles. The molecule has 1 aromatic rings. The number of carbonyl (C=O) groups excluding carboxylic acids is 1. The first-order chi connectivity index (χ1) is 10.6. The lowest BCUT2D eigenvalue weighted by atomic mass is 9.80. The van der Waals surface area contributed by atoms with Crippen molar-refractivity contribution in [2.45, 2.75) is 32.8 Å². The molecule has 0 radical (unpaired) electrons. The van der Waals surface area contributed by atoms with Crippen LogP contribution < -0.4 is 5.73 Å². The van der Waals surface area contributed by atoms with E-state index in [1.54, 1.807) is 0 Å². The first-order valence-corrected chi connectivity index (χ1v) is 8.30. The maximum atomic E-state index is 12.9. The van der Waals surface area contributed by atoms with E-state index in [1.165, 1.54) is 0 Å². The molecule has 0 aliphatic carbocycles. The topological polar surface area (TPSA) is 55.6 Å². The summed E-state index contributed by atoms with van der Waals surface area (Å²) in [7, 11) is 0. The largest absolute Gasteiger partial charge is 0.370 e. The van der Waals surface area contributed by atoms with Crippen LogP contribution in [0.25, 0.3) is 0 Å². The van der Waals surface area contributed by atoms with Gasteiger partial charge in [-0.2, -0.15) is 0 Å². The predicted octanol–water partition coefficient (Wildman–Crippen LogP) is 3.43. The average Bonchev–Trinajstić information content (AvgIpc) is 2.57. The molecule has 0 saturated carbocycles. The minimum atomic E-state index is -0.443. The Balaban J connectivity index is 0.00000264. The first-order valence-electron chi connectivity index (χ1n) is 7.92. The number of nitrogens with zero attached hydrogens (tertiary/aromatic N) is 1. The third kappa shape index (κ3) is 4.38. The summed E-state index contributed by atoms with van der Waals surface area (Å²) in [4.78, 5) is 14.8. The van der Waals surface area contributed by atoms with Gasteiger partial charge in [0.15, 0.2) is 0 Å². The Bertz CT molecular complexity index is 496. The average molecular weight is 361 g/mol. The molecule has 1 fully saturated rings. The van der Waals surface area contributed by atoms with Gasteiger partial charge in [-0.3, -0.25) is 4.79 Å². The van der Waals surface area contributed by atoms with E-state index in [1.807, 2.05) is 43.0 Å². The number of hydrogen-bond acceptors (Lipinski definition) is 3. The zero-order valence-corrected chi connectivity index (χ0v) is 15.3. The number of nitrogens with two attached hydrogens (primary N) is 1. The van der Waals surface area contributed by atoms with Gasteiger partial charge in [0.2, 0.25) is 5.91 Å². The van der Waals surface area contributed by atoms with Crippen LogP contribution in [0.1, 0.15) is 38.4 Å². The lowest BCUT2D eigenvalue weighted by Crippen LogP contribution is -2.51. The Kier molecular flexibility index (Phi) is 7.81. The Morgan fingerprint density at radius 3 is 2.48 bits per heavy atom. The maximum Gasteiger partial charge on any atom is 0.230 e. The van der Waals surface area contributed by atoms with Crippen molar-refractivity contribution in [3.05, 3.63) is 34.9 Å². The highest BCUT2D eigenvalue weighted by molar-refractivity contribution is 6.30. The van der Waals surface area contributed by atoms with Crippen molar-refractivity contribution in [2.24, 2.45) is 11.1 Å². The van der Waals surface area contributed by atoms with E-state index < -0.39 is 5.41 Å². The lowest BCUT2D eigenvalue weighted by Gasteiger charge is -2.39. The van der Waals surface area contributed by atoms with Gasteiger partial charge in [-0.15, -0.1) is 12.4 Å². The second kappa shape index (κ2) is 8.88. The fourth-order valence-corrected chi connectivity index (χ4v) is 3.10. The number of benzene rings is 1. The predicted molar refractivity (Wildman–Crippen MR) is 96.0 cm³/mol. The summed E-state index contributed by atoms with van der Waals surface area (Å²) in [5, 5.41) is 0.701. The summed E-state index contributed by atoms with van der Waals surface area (Å²) in [6.45, 7) is 6.21. The van der Waals surface area contributed by atoms with E-state index in [2.05, 4.69) is 0 Å².